The van der Waals surface area contributed by atoms with Crippen LogP contribution in [0.15, 0.2) is 35.4 Å². The highest BCUT2D eigenvalue weighted by Gasteiger charge is 2.10. The third kappa shape index (κ3) is 1.80. The van der Waals surface area contributed by atoms with Crippen LogP contribution in [0.4, 0.5) is 4.39 Å². The first kappa shape index (κ1) is 11.9. The fourth-order valence-corrected chi connectivity index (χ4v) is 2.02. The third-order valence-electron chi connectivity index (χ3n) is 2.82. The maximum atomic E-state index is 13.1. The number of rotatable bonds is 1. The van der Waals surface area contributed by atoms with Crippen molar-refractivity contribution in [3.05, 3.63) is 57.6 Å². The maximum Gasteiger partial charge on any atom is 0.300 e. The van der Waals surface area contributed by atoms with E-state index in [4.69, 9.17) is 11.6 Å². The van der Waals surface area contributed by atoms with Gasteiger partial charge in [-0.05, 0) is 25.1 Å². The molecular weight excluding hydrogens is 271 g/mol. The van der Waals surface area contributed by atoms with E-state index in [0.717, 1.165) is 0 Å². The number of halogens is 2. The van der Waals surface area contributed by atoms with Crippen LogP contribution in [0, 0.1) is 12.7 Å². The van der Waals surface area contributed by atoms with Crippen LogP contribution in [-0.4, -0.2) is 19.2 Å². The van der Waals surface area contributed by atoms with E-state index < -0.39 is 5.82 Å². The molecule has 0 atom stereocenters. The van der Waals surface area contributed by atoms with Crippen molar-refractivity contribution in [2.75, 3.05) is 0 Å². The summed E-state index contributed by atoms with van der Waals surface area (Å²) in [4.78, 5) is 12.2. The van der Waals surface area contributed by atoms with E-state index >= 15 is 0 Å². The first-order chi connectivity index (χ1) is 9.08. The van der Waals surface area contributed by atoms with Crippen LogP contribution in [-0.2, 0) is 0 Å². The highest BCUT2D eigenvalue weighted by molar-refractivity contribution is 6.30. The van der Waals surface area contributed by atoms with Crippen LogP contribution in [0.1, 0.15) is 5.82 Å². The summed E-state index contributed by atoms with van der Waals surface area (Å²) in [6, 6.07) is 4.07. The zero-order chi connectivity index (χ0) is 13.6. The lowest BCUT2D eigenvalue weighted by Gasteiger charge is -2.06. The molecule has 0 N–H and O–H groups in total. The summed E-state index contributed by atoms with van der Waals surface area (Å²) in [6.45, 7) is 1.75. The first-order valence-electron chi connectivity index (χ1n) is 5.46. The number of benzene rings is 1. The Kier molecular flexibility index (Phi) is 2.60. The summed E-state index contributed by atoms with van der Waals surface area (Å²) in [5.74, 6) is 0.0919. The second-order valence-electron chi connectivity index (χ2n) is 4.01. The minimum absolute atomic E-state index is 0.0399. The van der Waals surface area contributed by atoms with Gasteiger partial charge >= 0.3 is 5.56 Å². The number of hydrogen-bond donors (Lipinski definition) is 0. The van der Waals surface area contributed by atoms with E-state index in [0.29, 0.717) is 11.5 Å². The van der Waals surface area contributed by atoms with Gasteiger partial charge in [0.05, 0.1) is 10.7 Å². The predicted molar refractivity (Wildman–Crippen MR) is 68.3 cm³/mol. The SMILES string of the molecule is Cc1nnc2c(=O)n(-c3ccc(F)c(Cl)c3)ccn12. The van der Waals surface area contributed by atoms with E-state index in [1.807, 2.05) is 0 Å². The van der Waals surface area contributed by atoms with Gasteiger partial charge in [-0.2, -0.15) is 0 Å². The average Bonchev–Trinajstić information content (AvgIpc) is 2.76. The molecule has 0 radical (unpaired) electrons. The van der Waals surface area contributed by atoms with Gasteiger partial charge in [-0.25, -0.2) is 4.39 Å². The van der Waals surface area contributed by atoms with E-state index in [2.05, 4.69) is 10.2 Å². The van der Waals surface area contributed by atoms with Gasteiger partial charge in [-0.3, -0.25) is 13.8 Å². The summed E-state index contributed by atoms with van der Waals surface area (Å²) in [7, 11) is 0. The van der Waals surface area contributed by atoms with E-state index in [1.165, 1.54) is 22.8 Å². The molecule has 0 spiro atoms. The molecule has 19 heavy (non-hydrogen) atoms. The molecule has 0 aliphatic carbocycles. The van der Waals surface area contributed by atoms with Crippen molar-refractivity contribution in [3.8, 4) is 5.69 Å². The lowest BCUT2D eigenvalue weighted by Crippen LogP contribution is -2.20. The zero-order valence-electron chi connectivity index (χ0n) is 9.84. The fraction of sp³-hybridized carbons (Fsp3) is 0.0833. The van der Waals surface area contributed by atoms with Crippen LogP contribution in [0.2, 0.25) is 5.02 Å². The van der Waals surface area contributed by atoms with Gasteiger partial charge in [-0.15, -0.1) is 10.2 Å². The topological polar surface area (TPSA) is 52.2 Å². The molecule has 1 aromatic carbocycles. The monoisotopic (exact) mass is 278 g/mol. The minimum Gasteiger partial charge on any atom is -0.281 e. The molecule has 0 saturated heterocycles. The molecule has 0 aliphatic heterocycles. The quantitative estimate of drug-likeness (QED) is 0.684. The highest BCUT2D eigenvalue weighted by Crippen LogP contribution is 2.18. The Balaban J connectivity index is 2.28. The van der Waals surface area contributed by atoms with Gasteiger partial charge in [0.1, 0.15) is 11.6 Å². The molecular formula is C12H8ClFN4O. The number of hydrogen-bond acceptors (Lipinski definition) is 3. The standard InChI is InChI=1S/C12H8ClFN4O/c1-7-15-16-11-12(19)18(5-4-17(7)11)8-2-3-10(14)9(13)6-8/h2-6H,1H3. The lowest BCUT2D eigenvalue weighted by molar-refractivity contribution is 0.627. The Hall–Kier alpha value is -2.21. The Bertz CT molecular complexity index is 839. The summed E-state index contributed by atoms with van der Waals surface area (Å²) < 4.78 is 16.1. The third-order valence-corrected chi connectivity index (χ3v) is 3.11. The first-order valence-corrected chi connectivity index (χ1v) is 5.84. The Morgan fingerprint density at radius 2 is 2.05 bits per heavy atom. The molecule has 0 saturated carbocycles. The highest BCUT2D eigenvalue weighted by atomic mass is 35.5. The van der Waals surface area contributed by atoms with Gasteiger partial charge in [0.2, 0.25) is 5.65 Å². The normalized spacial score (nSPS) is 11.1. The fourth-order valence-electron chi connectivity index (χ4n) is 1.84. The number of aryl methyl sites for hydroxylation is 1. The summed E-state index contributed by atoms with van der Waals surface area (Å²) in [6.07, 6.45) is 3.23. The summed E-state index contributed by atoms with van der Waals surface area (Å²) in [5.41, 5.74) is 0.339. The number of aromatic nitrogens is 4. The van der Waals surface area contributed by atoms with Crippen molar-refractivity contribution in [1.29, 1.82) is 0 Å². The molecule has 3 aromatic rings. The maximum absolute atomic E-state index is 13.1. The molecule has 5 nitrogen and oxygen atoms in total. The van der Waals surface area contributed by atoms with E-state index in [1.54, 1.807) is 23.7 Å². The van der Waals surface area contributed by atoms with Crippen LogP contribution in [0.5, 0.6) is 0 Å². The molecule has 0 amide bonds. The van der Waals surface area contributed by atoms with Crippen LogP contribution in [0.25, 0.3) is 11.3 Å². The molecule has 0 aliphatic rings. The molecule has 96 valence electrons. The Morgan fingerprint density at radius 3 is 2.79 bits per heavy atom. The molecule has 2 aromatic heterocycles. The van der Waals surface area contributed by atoms with Crippen LogP contribution < -0.4 is 5.56 Å². The van der Waals surface area contributed by atoms with Crippen molar-refractivity contribution in [1.82, 2.24) is 19.2 Å². The van der Waals surface area contributed by atoms with Gasteiger partial charge in [-0.1, -0.05) is 11.6 Å². The molecule has 0 unspecified atom stereocenters. The lowest BCUT2D eigenvalue weighted by atomic mass is 10.3. The summed E-state index contributed by atoms with van der Waals surface area (Å²) in [5, 5.41) is 7.61. The van der Waals surface area contributed by atoms with Crippen molar-refractivity contribution in [3.63, 3.8) is 0 Å². The molecule has 3 rings (SSSR count). The molecule has 0 bridgehead atoms. The van der Waals surface area contributed by atoms with Crippen molar-refractivity contribution in [2.45, 2.75) is 6.92 Å². The number of fused-ring (bicyclic) bond motifs is 1. The van der Waals surface area contributed by atoms with Gasteiger partial charge in [0.25, 0.3) is 0 Å². The Labute approximate surface area is 111 Å². The molecule has 0 fully saturated rings. The second-order valence-corrected chi connectivity index (χ2v) is 4.42. The molecule has 7 heteroatoms. The van der Waals surface area contributed by atoms with Crippen molar-refractivity contribution in [2.24, 2.45) is 0 Å². The van der Waals surface area contributed by atoms with E-state index in [-0.39, 0.29) is 16.2 Å². The van der Waals surface area contributed by atoms with Gasteiger partial charge < -0.3 is 0 Å². The smallest absolute Gasteiger partial charge is 0.281 e. The van der Waals surface area contributed by atoms with Gasteiger partial charge in [0, 0.05) is 12.4 Å². The predicted octanol–water partition coefficient (Wildman–Crippen LogP) is 1.98. The zero-order valence-corrected chi connectivity index (χ0v) is 10.6. The van der Waals surface area contributed by atoms with Gasteiger partial charge in [0.15, 0.2) is 0 Å². The van der Waals surface area contributed by atoms with Crippen LogP contribution >= 0.6 is 11.6 Å². The van der Waals surface area contributed by atoms with Crippen molar-refractivity contribution >= 4 is 17.2 Å². The van der Waals surface area contributed by atoms with Crippen molar-refractivity contribution < 1.29 is 4.39 Å². The molecule has 2 heterocycles. The average molecular weight is 279 g/mol. The van der Waals surface area contributed by atoms with Crippen LogP contribution in [0.3, 0.4) is 0 Å². The largest absolute Gasteiger partial charge is 0.300 e. The Morgan fingerprint density at radius 1 is 1.26 bits per heavy atom. The second kappa shape index (κ2) is 4.17. The van der Waals surface area contributed by atoms with E-state index in [9.17, 15) is 9.18 Å². The minimum atomic E-state index is -0.530. The summed E-state index contributed by atoms with van der Waals surface area (Å²) >= 11 is 5.71. The number of nitrogens with zero attached hydrogens (tertiary/aromatic N) is 4.